The molecule has 122 valence electrons. The number of nitrogens with zero attached hydrogens (tertiary/aromatic N) is 1. The van der Waals surface area contributed by atoms with E-state index in [9.17, 15) is 17.6 Å². The largest absolute Gasteiger partial charge is 0.342 e. The molecular formula is C15H21FN2O3S. The van der Waals surface area contributed by atoms with Gasteiger partial charge >= 0.3 is 0 Å². The average Bonchev–Trinajstić information content (AvgIpc) is 2.73. The smallest absolute Gasteiger partial charge is 0.241 e. The van der Waals surface area contributed by atoms with Crippen LogP contribution in [0.25, 0.3) is 0 Å². The lowest BCUT2D eigenvalue weighted by molar-refractivity contribution is -0.129. The van der Waals surface area contributed by atoms with Crippen LogP contribution in [-0.2, 0) is 14.8 Å². The first-order chi connectivity index (χ1) is 10.4. The summed E-state index contributed by atoms with van der Waals surface area (Å²) in [5.41, 5.74) is 0.315. The third-order valence-electron chi connectivity index (χ3n) is 3.80. The summed E-state index contributed by atoms with van der Waals surface area (Å²) in [5.74, 6) is -0.706. The topological polar surface area (TPSA) is 66.5 Å². The van der Waals surface area contributed by atoms with Gasteiger partial charge in [0.2, 0.25) is 15.9 Å². The molecule has 1 aliphatic rings. The lowest BCUT2D eigenvalue weighted by atomic mass is 10.2. The Kier molecular flexibility index (Phi) is 5.52. The molecule has 1 aromatic rings. The summed E-state index contributed by atoms with van der Waals surface area (Å²) in [7, 11) is -3.81. The summed E-state index contributed by atoms with van der Waals surface area (Å²) in [6.07, 6.45) is 4.11. The molecule has 1 N–H and O–H groups in total. The maximum absolute atomic E-state index is 13.1. The first kappa shape index (κ1) is 16.9. The van der Waals surface area contributed by atoms with E-state index in [2.05, 4.69) is 4.72 Å². The van der Waals surface area contributed by atoms with Gasteiger partial charge in [-0.15, -0.1) is 0 Å². The molecule has 22 heavy (non-hydrogen) atoms. The number of hydrogen-bond acceptors (Lipinski definition) is 3. The Morgan fingerprint density at radius 3 is 2.45 bits per heavy atom. The molecule has 0 atom stereocenters. The number of carbonyl (C=O) groups excluding carboxylic acids is 1. The summed E-state index contributed by atoms with van der Waals surface area (Å²) in [6, 6.07) is 3.47. The van der Waals surface area contributed by atoms with E-state index < -0.39 is 15.8 Å². The Balaban J connectivity index is 2.01. The molecule has 1 saturated heterocycles. The van der Waals surface area contributed by atoms with Crippen molar-refractivity contribution in [2.45, 2.75) is 37.5 Å². The zero-order valence-electron chi connectivity index (χ0n) is 12.6. The van der Waals surface area contributed by atoms with Crippen LogP contribution >= 0.6 is 0 Å². The minimum absolute atomic E-state index is 0.00225. The van der Waals surface area contributed by atoms with Crippen molar-refractivity contribution in [1.82, 2.24) is 9.62 Å². The van der Waals surface area contributed by atoms with Crippen LogP contribution in [0.5, 0.6) is 0 Å². The Labute approximate surface area is 130 Å². The van der Waals surface area contributed by atoms with Gasteiger partial charge in [0.1, 0.15) is 5.82 Å². The van der Waals surface area contributed by atoms with Crippen molar-refractivity contribution in [3.05, 3.63) is 29.6 Å². The van der Waals surface area contributed by atoms with Crippen LogP contribution in [0.1, 0.15) is 31.2 Å². The average molecular weight is 328 g/mol. The summed E-state index contributed by atoms with van der Waals surface area (Å²) in [5, 5.41) is 0. The second-order valence-corrected chi connectivity index (χ2v) is 7.26. The van der Waals surface area contributed by atoms with Crippen molar-refractivity contribution in [2.75, 3.05) is 19.6 Å². The van der Waals surface area contributed by atoms with Crippen molar-refractivity contribution in [2.24, 2.45) is 0 Å². The molecule has 0 saturated carbocycles. The van der Waals surface area contributed by atoms with Gasteiger partial charge in [-0.3, -0.25) is 4.79 Å². The van der Waals surface area contributed by atoms with E-state index in [0.717, 1.165) is 37.8 Å². The van der Waals surface area contributed by atoms with E-state index in [0.29, 0.717) is 18.7 Å². The Hall–Kier alpha value is -1.47. The lowest BCUT2D eigenvalue weighted by Gasteiger charge is -2.20. The van der Waals surface area contributed by atoms with Gasteiger partial charge in [0.15, 0.2) is 0 Å². The quantitative estimate of drug-likeness (QED) is 0.917. The normalized spacial score (nSPS) is 16.4. The molecule has 1 aliphatic heterocycles. The van der Waals surface area contributed by atoms with E-state index >= 15 is 0 Å². The molecule has 0 aliphatic carbocycles. The van der Waals surface area contributed by atoms with E-state index in [-0.39, 0.29) is 17.3 Å². The molecule has 1 heterocycles. The second kappa shape index (κ2) is 7.19. The third-order valence-corrected chi connectivity index (χ3v) is 5.36. The zero-order chi connectivity index (χ0) is 16.2. The SMILES string of the molecule is Cc1cc(F)ccc1S(=O)(=O)NCC(=O)N1CCCCCC1. The summed E-state index contributed by atoms with van der Waals surface area (Å²) in [6.45, 7) is 2.61. The molecule has 5 nitrogen and oxygen atoms in total. The highest BCUT2D eigenvalue weighted by atomic mass is 32.2. The van der Waals surface area contributed by atoms with Crippen LogP contribution in [0, 0.1) is 12.7 Å². The fourth-order valence-corrected chi connectivity index (χ4v) is 3.78. The lowest BCUT2D eigenvalue weighted by Crippen LogP contribution is -2.40. The molecule has 2 rings (SSSR count). The van der Waals surface area contributed by atoms with Gasteiger partial charge in [-0.2, -0.15) is 0 Å². The monoisotopic (exact) mass is 328 g/mol. The highest BCUT2D eigenvalue weighted by molar-refractivity contribution is 7.89. The summed E-state index contributed by atoms with van der Waals surface area (Å²) >= 11 is 0. The van der Waals surface area contributed by atoms with Crippen LogP contribution in [0.4, 0.5) is 4.39 Å². The highest BCUT2D eigenvalue weighted by Gasteiger charge is 2.21. The minimum Gasteiger partial charge on any atom is -0.342 e. The Morgan fingerprint density at radius 1 is 1.23 bits per heavy atom. The minimum atomic E-state index is -3.81. The van der Waals surface area contributed by atoms with E-state index in [1.165, 1.54) is 13.0 Å². The van der Waals surface area contributed by atoms with Crippen LogP contribution in [0.3, 0.4) is 0 Å². The molecule has 1 fully saturated rings. The summed E-state index contributed by atoms with van der Waals surface area (Å²) in [4.78, 5) is 13.8. The number of halogens is 1. The molecule has 0 bridgehead atoms. The van der Waals surface area contributed by atoms with Gasteiger partial charge in [0, 0.05) is 13.1 Å². The number of sulfonamides is 1. The molecule has 0 spiro atoms. The van der Waals surface area contributed by atoms with Crippen LogP contribution in [0.2, 0.25) is 0 Å². The number of benzene rings is 1. The van der Waals surface area contributed by atoms with Crippen molar-refractivity contribution in [1.29, 1.82) is 0 Å². The maximum atomic E-state index is 13.1. The van der Waals surface area contributed by atoms with E-state index in [1.807, 2.05) is 0 Å². The van der Waals surface area contributed by atoms with Crippen LogP contribution in [0.15, 0.2) is 23.1 Å². The molecule has 0 unspecified atom stereocenters. The predicted octanol–water partition coefficient (Wildman–Crippen LogP) is 1.82. The number of amides is 1. The van der Waals surface area contributed by atoms with Crippen molar-refractivity contribution in [3.8, 4) is 0 Å². The fourth-order valence-electron chi connectivity index (χ4n) is 2.58. The number of carbonyl (C=O) groups is 1. The van der Waals surface area contributed by atoms with E-state index in [1.54, 1.807) is 4.90 Å². The van der Waals surface area contributed by atoms with Gasteiger partial charge in [-0.25, -0.2) is 17.5 Å². The predicted molar refractivity (Wildman–Crippen MR) is 81.4 cm³/mol. The molecule has 7 heteroatoms. The third kappa shape index (κ3) is 4.27. The number of nitrogens with one attached hydrogen (secondary N) is 1. The van der Waals surface area contributed by atoms with Crippen molar-refractivity contribution >= 4 is 15.9 Å². The summed E-state index contributed by atoms with van der Waals surface area (Å²) < 4.78 is 39.8. The number of aryl methyl sites for hydroxylation is 1. The van der Waals surface area contributed by atoms with Crippen LogP contribution in [-0.4, -0.2) is 38.9 Å². The first-order valence-electron chi connectivity index (χ1n) is 7.44. The molecule has 0 radical (unpaired) electrons. The zero-order valence-corrected chi connectivity index (χ0v) is 13.5. The van der Waals surface area contributed by atoms with Gasteiger partial charge in [-0.05, 0) is 43.5 Å². The van der Waals surface area contributed by atoms with Crippen molar-refractivity contribution < 1.29 is 17.6 Å². The van der Waals surface area contributed by atoms with Crippen molar-refractivity contribution in [3.63, 3.8) is 0 Å². The molecule has 0 aromatic heterocycles. The van der Waals surface area contributed by atoms with E-state index in [4.69, 9.17) is 0 Å². The first-order valence-corrected chi connectivity index (χ1v) is 8.92. The molecule has 1 amide bonds. The number of likely N-dealkylation sites (tertiary alicyclic amines) is 1. The number of rotatable bonds is 4. The van der Waals surface area contributed by atoms with Crippen LogP contribution < -0.4 is 4.72 Å². The van der Waals surface area contributed by atoms with Gasteiger partial charge in [-0.1, -0.05) is 12.8 Å². The second-order valence-electron chi connectivity index (χ2n) is 5.53. The number of hydrogen-bond donors (Lipinski definition) is 1. The molecular weight excluding hydrogens is 307 g/mol. The Bertz CT molecular complexity index is 638. The Morgan fingerprint density at radius 2 is 1.86 bits per heavy atom. The molecule has 1 aromatic carbocycles. The standard InChI is InChI=1S/C15H21FN2O3S/c1-12-10-13(16)6-7-14(12)22(20,21)17-11-15(19)18-8-4-2-3-5-9-18/h6-7,10,17H,2-5,8-9,11H2,1H3. The van der Waals surface area contributed by atoms with Gasteiger partial charge < -0.3 is 4.90 Å². The fraction of sp³-hybridized carbons (Fsp3) is 0.533. The maximum Gasteiger partial charge on any atom is 0.241 e. The highest BCUT2D eigenvalue weighted by Crippen LogP contribution is 2.16. The van der Waals surface area contributed by atoms with Gasteiger partial charge in [0.25, 0.3) is 0 Å². The van der Waals surface area contributed by atoms with Gasteiger partial charge in [0.05, 0.1) is 11.4 Å².